The van der Waals surface area contributed by atoms with Crippen molar-refractivity contribution in [2.45, 2.75) is 0 Å². The summed E-state index contributed by atoms with van der Waals surface area (Å²) in [5, 5.41) is 0. The second kappa shape index (κ2) is 25.1. The third kappa shape index (κ3) is 9.84. The van der Waals surface area contributed by atoms with Crippen molar-refractivity contribution >= 4 is 44.6 Å². The van der Waals surface area contributed by atoms with Gasteiger partial charge in [-0.2, -0.15) is 0 Å². The van der Waals surface area contributed by atoms with Gasteiger partial charge in [-0.1, -0.05) is 0 Å². The molecule has 0 N–H and O–H groups in total. The van der Waals surface area contributed by atoms with Gasteiger partial charge < -0.3 is 16.0 Å². The molecular weight excluding hydrogens is 98.9 g/mol. The van der Waals surface area contributed by atoms with Crippen LogP contribution in [0.3, 0.4) is 0 Å². The van der Waals surface area contributed by atoms with Crippen LogP contribution in [0.25, 0.3) is 6.15 Å². The molecule has 0 aliphatic rings. The zero-order chi connectivity index (χ0) is 0. The Balaban J connectivity index is 0. The average Bonchev–Trinajstić information content (AvgIpc) is 0. The first-order chi connectivity index (χ1) is 0. The molecule has 0 heterocycles. The summed E-state index contributed by atoms with van der Waals surface area (Å²) < 4.78 is 0. The summed E-state index contributed by atoms with van der Waals surface area (Å²) in [7, 11) is 0. The Morgan fingerprint density at radius 2 is 0.750 bits per heavy atom. The van der Waals surface area contributed by atoms with E-state index in [9.17, 15) is 0 Å². The maximum Gasteiger partial charge on any atom is 3.00 e. The van der Waals surface area contributed by atoms with Gasteiger partial charge in [0.05, 0.1) is 0 Å². The molecule has 1 nitrogen and oxygen atoms in total. The maximum atomic E-state index is 0. The molecule has 0 rings (SSSR count). The van der Waals surface area contributed by atoms with Crippen LogP contribution in [0.15, 0.2) is 0 Å². The third-order valence-corrected chi connectivity index (χ3v) is 0. The van der Waals surface area contributed by atoms with E-state index < -0.39 is 0 Å². The first-order valence-corrected chi connectivity index (χ1v) is 0. The Morgan fingerprint density at radius 1 is 0.750 bits per heavy atom. The smallest absolute Gasteiger partial charge is 3.00 e. The number of hydrogen-bond acceptors (Lipinski definition) is 0. The van der Waals surface area contributed by atoms with Crippen LogP contribution in [0.1, 0.15) is 0 Å². The van der Waals surface area contributed by atoms with E-state index in [-0.39, 0.29) is 50.8 Å². The molecule has 16 valence electrons. The molecule has 0 aromatic carbocycles. The van der Waals surface area contributed by atoms with Crippen molar-refractivity contribution in [2.75, 3.05) is 0 Å². The van der Waals surface area contributed by atoms with E-state index in [1.165, 1.54) is 0 Å². The van der Waals surface area contributed by atoms with E-state index in [4.69, 9.17) is 0 Å². The quantitative estimate of drug-likeness (QED) is 0.310. The van der Waals surface area contributed by atoms with Gasteiger partial charge in [0.1, 0.15) is 0 Å². The summed E-state index contributed by atoms with van der Waals surface area (Å²) in [6, 6.07) is 0. The first-order valence-electron chi connectivity index (χ1n) is 0. The van der Waals surface area contributed by atoms with Gasteiger partial charge in [0, 0.05) is 0 Å². The van der Waals surface area contributed by atoms with Gasteiger partial charge in [0.2, 0.25) is 0 Å². The van der Waals surface area contributed by atoms with Crippen LogP contribution < -0.4 is 0 Å². The molecule has 0 saturated carbocycles. The van der Waals surface area contributed by atoms with Gasteiger partial charge >= 0.3 is 34.7 Å². The first kappa shape index (κ1) is 51.1. The van der Waals surface area contributed by atoms with Crippen molar-refractivity contribution in [3.05, 3.63) is 6.15 Å². The normalized spacial score (nSPS) is 0. The largest absolute Gasteiger partial charge is 3.00 e. The van der Waals surface area contributed by atoms with Crippen molar-refractivity contribution in [3.8, 4) is 0 Å². The van der Waals surface area contributed by atoms with Crippen molar-refractivity contribution in [2.24, 2.45) is 0 Å². The van der Waals surface area contributed by atoms with Crippen molar-refractivity contribution in [1.29, 1.82) is 0 Å². The van der Waals surface area contributed by atoms with Gasteiger partial charge in [0.15, 0.2) is 0 Å². The monoisotopic (exact) mass is 98.9 g/mol. The third-order valence-electron chi connectivity index (χ3n) is 0. The molecule has 0 aromatic heterocycles. The van der Waals surface area contributed by atoms with Gasteiger partial charge in [-0.25, -0.2) is 0 Å². The van der Waals surface area contributed by atoms with Crippen LogP contribution in [0, 0.1) is 0 Å². The second-order valence-electron chi connectivity index (χ2n) is 0. The van der Waals surface area contributed by atoms with Crippen LogP contribution >= 0.6 is 9.90 Å². The van der Waals surface area contributed by atoms with E-state index in [1.807, 2.05) is 0 Å². The molecule has 0 amide bonds. The molecule has 0 unspecified atom stereocenters. The minimum Gasteiger partial charge on any atom is -3.00 e. The van der Waals surface area contributed by atoms with Crippen molar-refractivity contribution in [3.63, 3.8) is 0 Å². The predicted molar refractivity (Wildman–Crippen MR) is 21.8 cm³/mol. The Kier molecular flexibility index (Phi) is 321. The standard InChI is InChI=1S/2Al.N.P/q2*+3;2*-3. The van der Waals surface area contributed by atoms with E-state index >= 15 is 0 Å². The molecule has 0 bridgehead atoms. The average molecular weight is 98.9 g/mol. The van der Waals surface area contributed by atoms with E-state index in [0.29, 0.717) is 0 Å². The van der Waals surface area contributed by atoms with Gasteiger partial charge in [-0.05, 0) is 0 Å². The number of nitrogens with zero attached hydrogens (tertiary/aromatic N) is 1. The molecule has 0 spiro atoms. The summed E-state index contributed by atoms with van der Waals surface area (Å²) in [5.41, 5.74) is 0. The molecule has 0 radical (unpaired) electrons. The summed E-state index contributed by atoms with van der Waals surface area (Å²) in [5.74, 6) is 0. The minimum absolute atomic E-state index is 0. The Labute approximate surface area is 51.0 Å². The van der Waals surface area contributed by atoms with Gasteiger partial charge in [-0.3, -0.25) is 0 Å². The van der Waals surface area contributed by atoms with Crippen LogP contribution in [0.2, 0.25) is 0 Å². The summed E-state index contributed by atoms with van der Waals surface area (Å²) in [6.07, 6.45) is 0. The minimum atomic E-state index is 0. The zero-order valence-electron chi connectivity index (χ0n) is 2.05. The molecule has 0 fully saturated rings. The number of rotatable bonds is 0. The van der Waals surface area contributed by atoms with Crippen LogP contribution in [0.4, 0.5) is 0 Å². The molecule has 4 heavy (non-hydrogen) atoms. The van der Waals surface area contributed by atoms with Crippen LogP contribution in [0.5, 0.6) is 0 Å². The second-order valence-corrected chi connectivity index (χ2v) is 0. The molecule has 0 aliphatic heterocycles. The van der Waals surface area contributed by atoms with Crippen LogP contribution in [-0.2, 0) is 0 Å². The number of hydrogen-bond donors (Lipinski definition) is 0. The van der Waals surface area contributed by atoms with Crippen LogP contribution in [-0.4, -0.2) is 34.7 Å². The fourth-order valence-corrected chi connectivity index (χ4v) is 0. The molecule has 0 aliphatic carbocycles. The summed E-state index contributed by atoms with van der Waals surface area (Å²) in [6.45, 7) is 0. The van der Waals surface area contributed by atoms with E-state index in [2.05, 4.69) is 0 Å². The Bertz CT molecular complexity index is 6.00. The topological polar surface area (TPSA) is 30.5 Å². The van der Waals surface area contributed by atoms with Crippen molar-refractivity contribution in [1.82, 2.24) is 0 Å². The Hall–Kier alpha value is 1.45. The Morgan fingerprint density at radius 3 is 0.750 bits per heavy atom. The van der Waals surface area contributed by atoms with E-state index in [0.717, 1.165) is 0 Å². The maximum absolute atomic E-state index is 0. The van der Waals surface area contributed by atoms with Gasteiger partial charge in [-0.15, -0.1) is 0 Å². The fraction of sp³-hybridized carbons (Fsp3) is 0. The van der Waals surface area contributed by atoms with Gasteiger partial charge in [0.25, 0.3) is 0 Å². The fourth-order valence-electron chi connectivity index (χ4n) is 0. The SMILES string of the molecule is [Al+3].[Al+3].[N-3].[P-3]. The predicted octanol–water partition coefficient (Wildman–Crippen LogP) is 0.388. The molecule has 4 heteroatoms. The molecule has 0 aromatic rings. The zero-order valence-corrected chi connectivity index (χ0v) is 5.25. The molecule has 0 saturated heterocycles. The molecule has 0 atom stereocenters. The van der Waals surface area contributed by atoms with E-state index in [1.54, 1.807) is 0 Å². The molecular formula is Al2NP. The summed E-state index contributed by atoms with van der Waals surface area (Å²) >= 11 is 0. The van der Waals surface area contributed by atoms with Crippen molar-refractivity contribution < 1.29 is 0 Å². The summed E-state index contributed by atoms with van der Waals surface area (Å²) in [4.78, 5) is 0.